The van der Waals surface area contributed by atoms with Crippen LogP contribution in [-0.4, -0.2) is 46.1 Å². The summed E-state index contributed by atoms with van der Waals surface area (Å²) in [6.45, 7) is -2.50. The van der Waals surface area contributed by atoms with Gasteiger partial charge in [0.1, 0.15) is 11.5 Å². The first kappa shape index (κ1) is 30.7. The number of hydrogen-bond acceptors (Lipinski definition) is 8. The fraction of sp³-hybridized carbons (Fsp3) is 0.179. The van der Waals surface area contributed by atoms with Gasteiger partial charge in [-0.25, -0.2) is 27.5 Å². The number of rotatable bonds is 8. The number of aryl methyl sites for hydroxylation is 1. The number of aromatic nitrogens is 4. The molecule has 3 heterocycles. The van der Waals surface area contributed by atoms with Crippen molar-refractivity contribution in [2.75, 3.05) is 6.26 Å². The third-order valence-electron chi connectivity index (χ3n) is 6.37. The first-order chi connectivity index (χ1) is 20.7. The van der Waals surface area contributed by atoms with Gasteiger partial charge in [-0.15, -0.1) is 0 Å². The molecule has 44 heavy (non-hydrogen) atoms. The largest absolute Gasteiger partial charge is 0.440 e. The molecule has 0 fully saturated rings. The molecule has 5 rings (SSSR count). The molecule has 9 nitrogen and oxygen atoms in total. The number of halogens is 6. The van der Waals surface area contributed by atoms with Gasteiger partial charge in [0, 0.05) is 48.3 Å². The minimum Gasteiger partial charge on any atom is -0.440 e. The van der Waals surface area contributed by atoms with Crippen LogP contribution in [0.2, 0.25) is 0 Å². The molecule has 230 valence electrons. The van der Waals surface area contributed by atoms with Crippen LogP contribution < -0.4 is 4.74 Å². The molecular weight excluding hydrogens is 618 g/mol. The normalized spacial score (nSPS) is 12.2. The summed E-state index contributed by atoms with van der Waals surface area (Å²) < 4.78 is 116. The number of pyridine rings is 1. The van der Waals surface area contributed by atoms with Crippen LogP contribution in [0.15, 0.2) is 70.2 Å². The van der Waals surface area contributed by atoms with Crippen LogP contribution in [0.25, 0.3) is 39.4 Å². The molecule has 2 aromatic carbocycles. The average molecular weight is 639 g/mol. The molecule has 0 amide bonds. The van der Waals surface area contributed by atoms with Crippen molar-refractivity contribution in [3.8, 4) is 45.3 Å². The number of benzene rings is 2. The van der Waals surface area contributed by atoms with Crippen LogP contribution in [0, 0.1) is 12.7 Å². The van der Waals surface area contributed by atoms with E-state index in [0.29, 0.717) is 0 Å². The summed E-state index contributed by atoms with van der Waals surface area (Å²) in [6, 6.07) is 9.66. The lowest BCUT2D eigenvalue weighted by molar-refractivity contribution is -0.141. The first-order valence-electron chi connectivity index (χ1n) is 12.5. The van der Waals surface area contributed by atoms with Crippen LogP contribution in [0.5, 0.6) is 5.88 Å². The molecule has 0 unspecified atom stereocenters. The van der Waals surface area contributed by atoms with Gasteiger partial charge in [-0.1, -0.05) is 6.07 Å². The second kappa shape index (κ2) is 11.4. The lowest BCUT2D eigenvalue weighted by atomic mass is 9.97. The lowest BCUT2D eigenvalue weighted by Gasteiger charge is -2.14. The highest BCUT2D eigenvalue weighted by Gasteiger charge is 2.34. The minimum absolute atomic E-state index is 0.0545. The van der Waals surface area contributed by atoms with E-state index in [1.54, 1.807) is 0 Å². The second-order valence-corrected chi connectivity index (χ2v) is 11.4. The monoisotopic (exact) mass is 638 g/mol. The summed E-state index contributed by atoms with van der Waals surface area (Å²) in [7, 11) is -3.99. The molecule has 0 aliphatic rings. The van der Waals surface area contributed by atoms with Crippen LogP contribution in [0.3, 0.4) is 0 Å². The predicted molar refractivity (Wildman–Crippen MR) is 143 cm³/mol. The van der Waals surface area contributed by atoms with E-state index in [0.717, 1.165) is 35.3 Å². The maximum atomic E-state index is 15.0. The number of alkyl halides is 5. The Morgan fingerprint density at radius 3 is 2.36 bits per heavy atom. The molecule has 3 aromatic heterocycles. The third kappa shape index (κ3) is 6.16. The number of hydrogen-bond donors (Lipinski definition) is 1. The molecular formula is C28H20F6N4O5S. The summed E-state index contributed by atoms with van der Waals surface area (Å²) in [5, 5.41) is 13.2. The van der Waals surface area contributed by atoms with E-state index < -0.39 is 51.2 Å². The smallest absolute Gasteiger partial charge is 0.435 e. The van der Waals surface area contributed by atoms with Gasteiger partial charge in [-0.2, -0.15) is 27.1 Å². The highest BCUT2D eigenvalue weighted by molar-refractivity contribution is 7.90. The van der Waals surface area contributed by atoms with E-state index in [-0.39, 0.29) is 51.2 Å². The van der Waals surface area contributed by atoms with Crippen molar-refractivity contribution in [2.45, 2.75) is 31.2 Å². The Bertz CT molecular complexity index is 1950. The second-order valence-electron chi connectivity index (χ2n) is 9.41. The quantitative estimate of drug-likeness (QED) is 0.199. The number of nitrogens with zero attached hydrogens (tertiary/aromatic N) is 4. The Hall–Kier alpha value is -4.70. The first-order valence-corrected chi connectivity index (χ1v) is 14.3. The van der Waals surface area contributed by atoms with E-state index in [2.05, 4.69) is 19.8 Å². The standard InChI is InChI=1S/C28H20F6N4O5S/c1-14-36-25(26(42-14)16-4-6-24(35-12-16)43-27(30)31)18-9-15(3-5-21(18)38-8-7-23(37-38)28(32,33)34)17-10-20(29)19(13-39)22(11-17)44(2,40)41/h3-12,27,39H,13H2,1-2H3. The Kier molecular flexibility index (Phi) is 7.98. The van der Waals surface area contributed by atoms with Crippen molar-refractivity contribution in [2.24, 2.45) is 0 Å². The number of aliphatic hydroxyl groups excluding tert-OH is 1. The van der Waals surface area contributed by atoms with E-state index in [9.17, 15) is 39.9 Å². The molecule has 0 radical (unpaired) electrons. The Morgan fingerprint density at radius 2 is 1.77 bits per heavy atom. The highest BCUT2D eigenvalue weighted by atomic mass is 32.2. The average Bonchev–Trinajstić information content (AvgIpc) is 3.59. The van der Waals surface area contributed by atoms with E-state index >= 15 is 0 Å². The van der Waals surface area contributed by atoms with Crippen molar-refractivity contribution in [3.63, 3.8) is 0 Å². The molecule has 0 spiro atoms. The SMILES string of the molecule is Cc1nc(-c2cc(-c3cc(F)c(CO)c(S(C)(=O)=O)c3)ccc2-n2ccc(C(F)(F)F)n2)c(-c2ccc(OC(F)F)nc2)o1. The molecule has 0 atom stereocenters. The van der Waals surface area contributed by atoms with Gasteiger partial charge in [-0.05, 0) is 47.5 Å². The van der Waals surface area contributed by atoms with Gasteiger partial charge in [0.05, 0.1) is 17.2 Å². The van der Waals surface area contributed by atoms with Crippen molar-refractivity contribution in [1.82, 2.24) is 19.7 Å². The molecule has 5 aromatic rings. The van der Waals surface area contributed by atoms with Crippen molar-refractivity contribution < 1.29 is 49.0 Å². The highest BCUT2D eigenvalue weighted by Crippen LogP contribution is 2.39. The molecule has 0 saturated heterocycles. The zero-order valence-corrected chi connectivity index (χ0v) is 23.4. The zero-order valence-electron chi connectivity index (χ0n) is 22.6. The van der Waals surface area contributed by atoms with Crippen LogP contribution in [0.1, 0.15) is 17.1 Å². The van der Waals surface area contributed by atoms with Gasteiger partial charge >= 0.3 is 12.8 Å². The van der Waals surface area contributed by atoms with Crippen LogP contribution >= 0.6 is 0 Å². The van der Waals surface area contributed by atoms with Crippen LogP contribution in [0.4, 0.5) is 26.3 Å². The van der Waals surface area contributed by atoms with Gasteiger partial charge < -0.3 is 14.3 Å². The molecule has 1 N–H and O–H groups in total. The maximum absolute atomic E-state index is 15.0. The predicted octanol–water partition coefficient (Wildman–Crippen LogP) is 6.22. The zero-order chi connectivity index (χ0) is 32.0. The van der Waals surface area contributed by atoms with E-state index in [4.69, 9.17) is 4.42 Å². The lowest BCUT2D eigenvalue weighted by Crippen LogP contribution is -2.08. The molecule has 0 saturated carbocycles. The topological polar surface area (TPSA) is 120 Å². The summed E-state index contributed by atoms with van der Waals surface area (Å²) in [5.41, 5.74) is -0.775. The number of ether oxygens (including phenoxy) is 1. The summed E-state index contributed by atoms with van der Waals surface area (Å²) in [6.07, 6.45) is -1.65. The molecule has 0 aliphatic carbocycles. The van der Waals surface area contributed by atoms with Gasteiger partial charge in [0.25, 0.3) is 0 Å². The Morgan fingerprint density at radius 1 is 1.05 bits per heavy atom. The van der Waals surface area contributed by atoms with Crippen molar-refractivity contribution in [3.05, 3.63) is 83.9 Å². The molecule has 0 bridgehead atoms. The number of aliphatic hydroxyl groups is 1. The Balaban J connectivity index is 1.74. The molecule has 0 aliphatic heterocycles. The number of oxazole rings is 1. The van der Waals surface area contributed by atoms with Crippen molar-refractivity contribution >= 4 is 9.84 Å². The minimum atomic E-state index is -4.75. The fourth-order valence-corrected chi connectivity index (χ4v) is 5.41. The summed E-state index contributed by atoms with van der Waals surface area (Å²) >= 11 is 0. The van der Waals surface area contributed by atoms with E-state index in [1.165, 1.54) is 43.5 Å². The summed E-state index contributed by atoms with van der Waals surface area (Å²) in [5.74, 6) is -1.20. The van der Waals surface area contributed by atoms with E-state index in [1.807, 2.05) is 0 Å². The fourth-order valence-electron chi connectivity index (χ4n) is 4.46. The van der Waals surface area contributed by atoms with Gasteiger partial charge in [0.2, 0.25) is 5.88 Å². The summed E-state index contributed by atoms with van der Waals surface area (Å²) in [4.78, 5) is 7.77. The third-order valence-corrected chi connectivity index (χ3v) is 7.53. The number of sulfone groups is 1. The molecule has 16 heteroatoms. The van der Waals surface area contributed by atoms with Crippen molar-refractivity contribution in [1.29, 1.82) is 0 Å². The van der Waals surface area contributed by atoms with Gasteiger partial charge in [0.15, 0.2) is 27.2 Å². The Labute approximate surface area is 245 Å². The maximum Gasteiger partial charge on any atom is 0.435 e. The van der Waals surface area contributed by atoms with Crippen LogP contribution in [-0.2, 0) is 22.6 Å². The van der Waals surface area contributed by atoms with Gasteiger partial charge in [-0.3, -0.25) is 0 Å².